The second-order valence-electron chi connectivity index (χ2n) is 3.93. The fourth-order valence-electron chi connectivity index (χ4n) is 2.00. The molecule has 1 aliphatic heterocycles. The number of ether oxygens (including phenoxy) is 1. The van der Waals surface area contributed by atoms with Crippen molar-refractivity contribution in [2.75, 3.05) is 32.7 Å². The van der Waals surface area contributed by atoms with Gasteiger partial charge < -0.3 is 4.74 Å². The Hall–Kier alpha value is 0.210. The molecule has 1 saturated heterocycles. The predicted molar refractivity (Wildman–Crippen MR) is 56.4 cm³/mol. The summed E-state index contributed by atoms with van der Waals surface area (Å²) in [6, 6.07) is 0.560. The molecule has 0 aromatic heterocycles. The molecule has 0 radical (unpaired) electrons. The third kappa shape index (κ3) is 3.45. The van der Waals surface area contributed by atoms with E-state index in [1.807, 2.05) is 0 Å². The maximum atomic E-state index is 5.73. The van der Waals surface area contributed by atoms with E-state index < -0.39 is 0 Å². The number of alkyl halides is 1. The molecule has 1 aliphatic rings. The van der Waals surface area contributed by atoms with E-state index in [0.29, 0.717) is 6.04 Å². The van der Waals surface area contributed by atoms with Gasteiger partial charge in [-0.25, -0.2) is 0 Å². The van der Waals surface area contributed by atoms with E-state index in [-0.39, 0.29) is 0 Å². The molecule has 78 valence electrons. The van der Waals surface area contributed by atoms with Crippen molar-refractivity contribution in [1.82, 2.24) is 4.90 Å². The first-order chi connectivity index (χ1) is 6.27. The fourth-order valence-corrected chi connectivity index (χ4v) is 2.31. The molecule has 0 saturated carbocycles. The maximum Gasteiger partial charge on any atom is 0.0615 e. The Morgan fingerprint density at radius 3 is 3.00 bits per heavy atom. The Kier molecular flexibility index (Phi) is 5.07. The van der Waals surface area contributed by atoms with Crippen molar-refractivity contribution in [3.8, 4) is 0 Å². The van der Waals surface area contributed by atoms with Gasteiger partial charge in [0.1, 0.15) is 0 Å². The maximum absolute atomic E-state index is 5.73. The SMILES string of the molecule is COCC(C)N1CCC(CCCl)C1. The largest absolute Gasteiger partial charge is 0.383 e. The van der Waals surface area contributed by atoms with Gasteiger partial charge in [-0.05, 0) is 32.2 Å². The van der Waals surface area contributed by atoms with Crippen LogP contribution in [0, 0.1) is 5.92 Å². The van der Waals surface area contributed by atoms with Crippen LogP contribution in [-0.4, -0.2) is 43.6 Å². The lowest BCUT2D eigenvalue weighted by Gasteiger charge is -2.23. The van der Waals surface area contributed by atoms with Crippen molar-refractivity contribution in [2.45, 2.75) is 25.8 Å². The zero-order chi connectivity index (χ0) is 9.68. The van der Waals surface area contributed by atoms with Gasteiger partial charge >= 0.3 is 0 Å². The van der Waals surface area contributed by atoms with E-state index >= 15 is 0 Å². The summed E-state index contributed by atoms with van der Waals surface area (Å²) in [7, 11) is 1.77. The van der Waals surface area contributed by atoms with Crippen molar-refractivity contribution < 1.29 is 4.74 Å². The molecule has 1 heterocycles. The minimum absolute atomic E-state index is 0.560. The van der Waals surface area contributed by atoms with Gasteiger partial charge in [0.15, 0.2) is 0 Å². The Labute approximate surface area is 86.2 Å². The van der Waals surface area contributed by atoms with Crippen LogP contribution in [0.25, 0.3) is 0 Å². The summed E-state index contributed by atoms with van der Waals surface area (Å²) in [4.78, 5) is 2.50. The highest BCUT2D eigenvalue weighted by Gasteiger charge is 2.25. The molecule has 2 nitrogen and oxygen atoms in total. The Bertz CT molecular complexity index is 143. The summed E-state index contributed by atoms with van der Waals surface area (Å²) in [5.41, 5.74) is 0. The lowest BCUT2D eigenvalue weighted by molar-refractivity contribution is 0.112. The molecule has 0 amide bonds. The molecular formula is C10H20ClNO. The predicted octanol–water partition coefficient (Wildman–Crippen LogP) is 1.97. The minimum atomic E-state index is 0.560. The van der Waals surface area contributed by atoms with Crippen LogP contribution in [0.1, 0.15) is 19.8 Å². The van der Waals surface area contributed by atoms with E-state index in [9.17, 15) is 0 Å². The number of rotatable bonds is 5. The zero-order valence-electron chi connectivity index (χ0n) is 8.63. The Balaban J connectivity index is 2.23. The summed E-state index contributed by atoms with van der Waals surface area (Å²) >= 11 is 5.73. The molecule has 0 bridgehead atoms. The summed E-state index contributed by atoms with van der Waals surface area (Å²) in [6.07, 6.45) is 2.47. The number of nitrogens with zero attached hydrogens (tertiary/aromatic N) is 1. The molecule has 0 aliphatic carbocycles. The van der Waals surface area contributed by atoms with Crippen LogP contribution < -0.4 is 0 Å². The first-order valence-corrected chi connectivity index (χ1v) is 5.60. The second kappa shape index (κ2) is 5.84. The van der Waals surface area contributed by atoms with Gasteiger partial charge in [0.25, 0.3) is 0 Å². The van der Waals surface area contributed by atoms with Gasteiger partial charge in [-0.3, -0.25) is 4.90 Å². The molecule has 0 spiro atoms. The molecule has 2 unspecified atom stereocenters. The van der Waals surface area contributed by atoms with Crippen molar-refractivity contribution in [3.05, 3.63) is 0 Å². The lowest BCUT2D eigenvalue weighted by Crippen LogP contribution is -2.34. The van der Waals surface area contributed by atoms with Crippen LogP contribution in [-0.2, 0) is 4.74 Å². The van der Waals surface area contributed by atoms with Crippen LogP contribution in [0.4, 0.5) is 0 Å². The number of hydrogen-bond donors (Lipinski definition) is 0. The van der Waals surface area contributed by atoms with Crippen LogP contribution >= 0.6 is 11.6 Å². The quantitative estimate of drug-likeness (QED) is 0.637. The van der Waals surface area contributed by atoms with Crippen molar-refractivity contribution in [1.29, 1.82) is 0 Å². The van der Waals surface area contributed by atoms with Crippen molar-refractivity contribution in [3.63, 3.8) is 0 Å². The number of likely N-dealkylation sites (tertiary alicyclic amines) is 1. The highest BCUT2D eigenvalue weighted by atomic mass is 35.5. The average Bonchev–Trinajstić information content (AvgIpc) is 2.54. The fraction of sp³-hybridized carbons (Fsp3) is 1.00. The van der Waals surface area contributed by atoms with Crippen LogP contribution in [0.15, 0.2) is 0 Å². The Morgan fingerprint density at radius 1 is 1.62 bits per heavy atom. The van der Waals surface area contributed by atoms with Gasteiger partial charge in [0, 0.05) is 25.6 Å². The third-order valence-corrected chi connectivity index (χ3v) is 3.08. The molecule has 2 atom stereocenters. The summed E-state index contributed by atoms with van der Waals surface area (Å²) < 4.78 is 5.14. The van der Waals surface area contributed by atoms with Gasteiger partial charge in [0.2, 0.25) is 0 Å². The zero-order valence-corrected chi connectivity index (χ0v) is 9.39. The summed E-state index contributed by atoms with van der Waals surface area (Å²) in [5.74, 6) is 1.62. The minimum Gasteiger partial charge on any atom is -0.383 e. The highest BCUT2D eigenvalue weighted by Crippen LogP contribution is 2.21. The molecule has 1 rings (SSSR count). The smallest absolute Gasteiger partial charge is 0.0615 e. The monoisotopic (exact) mass is 205 g/mol. The molecule has 0 aromatic carbocycles. The number of halogens is 1. The van der Waals surface area contributed by atoms with Gasteiger partial charge in [-0.1, -0.05) is 0 Å². The standard InChI is InChI=1S/C10H20ClNO/c1-9(8-13-2)12-6-4-10(7-12)3-5-11/h9-10H,3-8H2,1-2H3. The number of hydrogen-bond acceptors (Lipinski definition) is 2. The van der Waals surface area contributed by atoms with E-state index in [0.717, 1.165) is 24.8 Å². The van der Waals surface area contributed by atoms with Gasteiger partial charge in [0.05, 0.1) is 6.61 Å². The van der Waals surface area contributed by atoms with E-state index in [1.54, 1.807) is 7.11 Å². The van der Waals surface area contributed by atoms with Crippen molar-refractivity contribution in [2.24, 2.45) is 5.92 Å². The second-order valence-corrected chi connectivity index (χ2v) is 4.31. The van der Waals surface area contributed by atoms with Crippen LogP contribution in [0.3, 0.4) is 0 Å². The van der Waals surface area contributed by atoms with E-state index in [4.69, 9.17) is 16.3 Å². The normalized spacial score (nSPS) is 26.5. The molecule has 13 heavy (non-hydrogen) atoms. The van der Waals surface area contributed by atoms with E-state index in [2.05, 4.69) is 11.8 Å². The number of methoxy groups -OCH3 is 1. The van der Waals surface area contributed by atoms with E-state index in [1.165, 1.54) is 19.5 Å². The topological polar surface area (TPSA) is 12.5 Å². The van der Waals surface area contributed by atoms with Crippen molar-refractivity contribution >= 4 is 11.6 Å². The molecule has 0 aromatic rings. The summed E-state index contributed by atoms with van der Waals surface area (Å²) in [5, 5.41) is 0. The molecule has 3 heteroatoms. The molecular weight excluding hydrogens is 186 g/mol. The first-order valence-electron chi connectivity index (χ1n) is 5.07. The van der Waals surface area contributed by atoms with Crippen LogP contribution in [0.2, 0.25) is 0 Å². The Morgan fingerprint density at radius 2 is 2.38 bits per heavy atom. The lowest BCUT2D eigenvalue weighted by atomic mass is 10.1. The molecule has 1 fully saturated rings. The highest BCUT2D eigenvalue weighted by molar-refractivity contribution is 6.17. The third-order valence-electron chi connectivity index (χ3n) is 2.87. The summed E-state index contributed by atoms with van der Waals surface area (Å²) in [6.45, 7) is 5.49. The van der Waals surface area contributed by atoms with Crippen LogP contribution in [0.5, 0.6) is 0 Å². The molecule has 0 N–H and O–H groups in total. The van der Waals surface area contributed by atoms with Gasteiger partial charge in [-0.15, -0.1) is 11.6 Å². The van der Waals surface area contributed by atoms with Gasteiger partial charge in [-0.2, -0.15) is 0 Å². The average molecular weight is 206 g/mol. The first kappa shape index (κ1) is 11.3.